The first-order chi connectivity index (χ1) is 8.58. The Hall–Kier alpha value is -2.14. The molecule has 2 heterocycles. The van der Waals surface area contributed by atoms with Crippen molar-refractivity contribution in [3.05, 3.63) is 47.0 Å². The van der Waals surface area contributed by atoms with E-state index in [1.54, 1.807) is 24.4 Å². The van der Waals surface area contributed by atoms with Crippen LogP contribution in [0.2, 0.25) is 5.15 Å². The molecule has 1 amide bonds. The predicted molar refractivity (Wildman–Crippen MR) is 70.6 cm³/mol. The van der Waals surface area contributed by atoms with Crippen LogP contribution in [0.4, 0.5) is 11.4 Å². The third-order valence-corrected chi connectivity index (χ3v) is 2.58. The number of nitrogens with two attached hydrogens (primary N) is 1. The average Bonchev–Trinajstić information content (AvgIpc) is 2.34. The number of aromatic nitrogens is 2. The molecule has 0 radical (unpaired) electrons. The molecule has 2 aromatic rings. The molecule has 92 valence electrons. The molecule has 0 aromatic carbocycles. The molecule has 0 unspecified atom stereocenters. The molecule has 0 aliphatic heterocycles. The van der Waals surface area contributed by atoms with E-state index in [1.165, 1.54) is 6.20 Å². The summed E-state index contributed by atoms with van der Waals surface area (Å²) < 4.78 is 0. The van der Waals surface area contributed by atoms with Gasteiger partial charge in [-0.15, -0.1) is 0 Å². The number of nitrogens with zero attached hydrogens (tertiary/aromatic N) is 2. The number of carbonyl (C=O) groups excluding carboxylic acids is 1. The maximum atomic E-state index is 12.0. The Kier molecular flexibility index (Phi) is 3.43. The molecule has 0 fully saturated rings. The predicted octanol–water partition coefficient (Wildman–Crippen LogP) is 2.27. The van der Waals surface area contributed by atoms with Gasteiger partial charge in [-0.05, 0) is 30.7 Å². The molecular weight excluding hydrogens is 252 g/mol. The van der Waals surface area contributed by atoms with Crippen molar-refractivity contribution >= 4 is 28.9 Å². The number of anilines is 2. The highest BCUT2D eigenvalue weighted by molar-refractivity contribution is 6.32. The zero-order chi connectivity index (χ0) is 13.1. The van der Waals surface area contributed by atoms with Crippen LogP contribution in [0, 0.1) is 6.92 Å². The van der Waals surface area contributed by atoms with Gasteiger partial charge in [-0.2, -0.15) is 0 Å². The Morgan fingerprint density at radius 3 is 2.94 bits per heavy atom. The van der Waals surface area contributed by atoms with Gasteiger partial charge in [0, 0.05) is 12.4 Å². The van der Waals surface area contributed by atoms with E-state index in [0.29, 0.717) is 11.4 Å². The number of halogens is 1. The SMILES string of the molecule is Cc1cnc(Cl)c(NC(=O)c2ncccc2N)c1. The van der Waals surface area contributed by atoms with Crippen LogP contribution in [0.15, 0.2) is 30.6 Å². The molecule has 0 spiro atoms. The van der Waals surface area contributed by atoms with Crippen molar-refractivity contribution < 1.29 is 4.79 Å². The van der Waals surface area contributed by atoms with Gasteiger partial charge in [0.2, 0.25) is 0 Å². The molecule has 0 saturated carbocycles. The topological polar surface area (TPSA) is 80.9 Å². The largest absolute Gasteiger partial charge is 0.397 e. The molecule has 6 heteroatoms. The van der Waals surface area contributed by atoms with E-state index in [1.807, 2.05) is 6.92 Å². The Morgan fingerprint density at radius 1 is 1.44 bits per heavy atom. The normalized spacial score (nSPS) is 10.1. The molecular formula is C12H11ClN4O. The Bertz CT molecular complexity index is 600. The Balaban J connectivity index is 2.27. The first-order valence-electron chi connectivity index (χ1n) is 5.22. The van der Waals surface area contributed by atoms with Gasteiger partial charge in [-0.25, -0.2) is 9.97 Å². The van der Waals surface area contributed by atoms with Gasteiger partial charge in [0.1, 0.15) is 0 Å². The lowest BCUT2D eigenvalue weighted by molar-refractivity contribution is 0.102. The van der Waals surface area contributed by atoms with E-state index in [0.717, 1.165) is 5.56 Å². The van der Waals surface area contributed by atoms with Crippen LogP contribution in [0.3, 0.4) is 0 Å². The van der Waals surface area contributed by atoms with Crippen LogP contribution in [-0.2, 0) is 0 Å². The number of pyridine rings is 2. The third kappa shape index (κ3) is 2.57. The van der Waals surface area contributed by atoms with Crippen molar-refractivity contribution in [1.82, 2.24) is 9.97 Å². The second-order valence-electron chi connectivity index (χ2n) is 3.75. The fourth-order valence-corrected chi connectivity index (χ4v) is 1.58. The van der Waals surface area contributed by atoms with Gasteiger partial charge in [0.05, 0.1) is 11.4 Å². The van der Waals surface area contributed by atoms with E-state index in [9.17, 15) is 4.79 Å². The lowest BCUT2D eigenvalue weighted by Crippen LogP contribution is -2.16. The van der Waals surface area contributed by atoms with Gasteiger partial charge < -0.3 is 11.1 Å². The second kappa shape index (κ2) is 5.01. The fraction of sp³-hybridized carbons (Fsp3) is 0.0833. The molecule has 18 heavy (non-hydrogen) atoms. The highest BCUT2D eigenvalue weighted by Crippen LogP contribution is 2.21. The number of hydrogen-bond acceptors (Lipinski definition) is 4. The van der Waals surface area contributed by atoms with E-state index >= 15 is 0 Å². The minimum Gasteiger partial charge on any atom is -0.397 e. The Labute approximate surface area is 109 Å². The number of nitrogens with one attached hydrogen (secondary N) is 1. The summed E-state index contributed by atoms with van der Waals surface area (Å²) in [5.41, 5.74) is 7.47. The van der Waals surface area contributed by atoms with Crippen LogP contribution in [-0.4, -0.2) is 15.9 Å². The summed E-state index contributed by atoms with van der Waals surface area (Å²) in [6, 6.07) is 5.00. The van der Waals surface area contributed by atoms with Crippen LogP contribution in [0.1, 0.15) is 16.1 Å². The highest BCUT2D eigenvalue weighted by Gasteiger charge is 2.13. The number of nitrogen functional groups attached to an aromatic ring is 1. The van der Waals surface area contributed by atoms with Gasteiger partial charge in [-0.3, -0.25) is 4.79 Å². The van der Waals surface area contributed by atoms with Crippen LogP contribution < -0.4 is 11.1 Å². The summed E-state index contributed by atoms with van der Waals surface area (Å²) in [5.74, 6) is -0.414. The molecule has 0 bridgehead atoms. The molecule has 0 atom stereocenters. The smallest absolute Gasteiger partial charge is 0.276 e. The first kappa shape index (κ1) is 12.3. The van der Waals surface area contributed by atoms with Gasteiger partial charge in [-0.1, -0.05) is 11.6 Å². The summed E-state index contributed by atoms with van der Waals surface area (Å²) in [6.07, 6.45) is 3.12. The molecule has 3 N–H and O–H groups in total. The second-order valence-corrected chi connectivity index (χ2v) is 4.10. The fourth-order valence-electron chi connectivity index (χ4n) is 1.43. The van der Waals surface area contributed by atoms with E-state index < -0.39 is 5.91 Å². The van der Waals surface area contributed by atoms with Crippen LogP contribution in [0.25, 0.3) is 0 Å². The molecule has 0 saturated heterocycles. The van der Waals surface area contributed by atoms with Crippen molar-refractivity contribution in [2.24, 2.45) is 0 Å². The molecule has 5 nitrogen and oxygen atoms in total. The van der Waals surface area contributed by atoms with Gasteiger partial charge in [0.25, 0.3) is 5.91 Å². The third-order valence-electron chi connectivity index (χ3n) is 2.28. The quantitative estimate of drug-likeness (QED) is 0.814. The summed E-state index contributed by atoms with van der Waals surface area (Å²) in [6.45, 7) is 1.86. The lowest BCUT2D eigenvalue weighted by Gasteiger charge is -2.08. The van der Waals surface area contributed by atoms with E-state index in [-0.39, 0.29) is 10.8 Å². The monoisotopic (exact) mass is 262 g/mol. The number of amides is 1. The maximum Gasteiger partial charge on any atom is 0.276 e. The molecule has 0 aliphatic rings. The molecule has 0 aliphatic carbocycles. The maximum absolute atomic E-state index is 12.0. The van der Waals surface area contributed by atoms with Gasteiger partial charge in [0.15, 0.2) is 10.8 Å². The average molecular weight is 263 g/mol. The lowest BCUT2D eigenvalue weighted by atomic mass is 10.2. The standard InChI is InChI=1S/C12H11ClN4O/c1-7-5-9(11(13)16-6-7)17-12(18)10-8(14)3-2-4-15-10/h2-6H,14H2,1H3,(H,17,18). The van der Waals surface area contributed by atoms with Gasteiger partial charge >= 0.3 is 0 Å². The van der Waals surface area contributed by atoms with Crippen LogP contribution in [0.5, 0.6) is 0 Å². The van der Waals surface area contributed by atoms with Crippen molar-refractivity contribution in [3.63, 3.8) is 0 Å². The van der Waals surface area contributed by atoms with Crippen molar-refractivity contribution in [1.29, 1.82) is 0 Å². The molecule has 2 aromatic heterocycles. The summed E-state index contributed by atoms with van der Waals surface area (Å²) in [7, 11) is 0. The van der Waals surface area contributed by atoms with Crippen molar-refractivity contribution in [3.8, 4) is 0 Å². The minimum absolute atomic E-state index is 0.162. The zero-order valence-corrected chi connectivity index (χ0v) is 10.4. The number of aryl methyl sites for hydroxylation is 1. The van der Waals surface area contributed by atoms with E-state index in [4.69, 9.17) is 17.3 Å². The number of carbonyl (C=O) groups is 1. The van der Waals surface area contributed by atoms with Crippen molar-refractivity contribution in [2.75, 3.05) is 11.1 Å². The van der Waals surface area contributed by atoms with E-state index in [2.05, 4.69) is 15.3 Å². The van der Waals surface area contributed by atoms with Crippen LogP contribution >= 0.6 is 11.6 Å². The summed E-state index contributed by atoms with van der Waals surface area (Å²) in [4.78, 5) is 19.8. The number of rotatable bonds is 2. The zero-order valence-electron chi connectivity index (χ0n) is 9.64. The molecule has 2 rings (SSSR count). The summed E-state index contributed by atoms with van der Waals surface area (Å²) in [5, 5.41) is 2.86. The summed E-state index contributed by atoms with van der Waals surface area (Å²) >= 11 is 5.89. The highest BCUT2D eigenvalue weighted by atomic mass is 35.5. The minimum atomic E-state index is -0.414. The van der Waals surface area contributed by atoms with Crippen molar-refractivity contribution in [2.45, 2.75) is 6.92 Å². The Morgan fingerprint density at radius 2 is 2.22 bits per heavy atom. The number of hydrogen-bond donors (Lipinski definition) is 2. The first-order valence-corrected chi connectivity index (χ1v) is 5.59.